The van der Waals surface area contributed by atoms with E-state index in [0.29, 0.717) is 24.5 Å². The van der Waals surface area contributed by atoms with Crippen molar-refractivity contribution in [2.75, 3.05) is 0 Å². The number of carboxylic acids is 1. The van der Waals surface area contributed by atoms with E-state index in [1.807, 2.05) is 6.92 Å². The van der Waals surface area contributed by atoms with Gasteiger partial charge < -0.3 is 20.2 Å². The van der Waals surface area contributed by atoms with Gasteiger partial charge in [0.05, 0.1) is 12.2 Å². The molecule has 1 saturated carbocycles. The summed E-state index contributed by atoms with van der Waals surface area (Å²) in [5.41, 5.74) is -0.369. The van der Waals surface area contributed by atoms with Crippen LogP contribution in [0.15, 0.2) is 4.42 Å². The molecule has 2 amide bonds. The van der Waals surface area contributed by atoms with E-state index in [2.05, 4.69) is 15.6 Å². The fourth-order valence-corrected chi connectivity index (χ4v) is 2.58. The maximum absolute atomic E-state index is 11.9. The Kier molecular flexibility index (Phi) is 4.50. The smallest absolute Gasteiger partial charge is 0.329 e. The molecule has 0 aliphatic heterocycles. The van der Waals surface area contributed by atoms with Crippen LogP contribution >= 0.6 is 0 Å². The Balaban J connectivity index is 1.92. The van der Waals surface area contributed by atoms with Crippen molar-refractivity contribution in [1.82, 2.24) is 15.6 Å². The van der Waals surface area contributed by atoms with Crippen LogP contribution in [0.2, 0.25) is 0 Å². The number of nitrogens with zero attached hydrogens (tertiary/aromatic N) is 1. The van der Waals surface area contributed by atoms with E-state index < -0.39 is 17.5 Å². The minimum absolute atomic E-state index is 0.135. The van der Waals surface area contributed by atoms with Gasteiger partial charge in [0.15, 0.2) is 0 Å². The van der Waals surface area contributed by atoms with E-state index in [9.17, 15) is 14.7 Å². The van der Waals surface area contributed by atoms with Crippen molar-refractivity contribution in [3.05, 3.63) is 17.3 Å². The molecule has 0 radical (unpaired) electrons. The summed E-state index contributed by atoms with van der Waals surface area (Å²) < 4.78 is 5.36. The second-order valence-electron chi connectivity index (χ2n) is 5.50. The third kappa shape index (κ3) is 3.53. The largest absolute Gasteiger partial charge is 0.480 e. The van der Waals surface area contributed by atoms with Crippen LogP contribution < -0.4 is 10.6 Å². The summed E-state index contributed by atoms with van der Waals surface area (Å²) in [4.78, 5) is 27.5. The minimum atomic E-state index is -1.15. The molecule has 3 N–H and O–H groups in total. The van der Waals surface area contributed by atoms with Crippen LogP contribution in [0.3, 0.4) is 0 Å². The van der Waals surface area contributed by atoms with Crippen molar-refractivity contribution < 1.29 is 19.1 Å². The highest BCUT2D eigenvalue weighted by Gasteiger charge is 2.40. The van der Waals surface area contributed by atoms with Crippen LogP contribution in [-0.2, 0) is 11.3 Å². The monoisotopic (exact) mass is 295 g/mol. The van der Waals surface area contributed by atoms with Crippen LogP contribution in [0.4, 0.5) is 4.79 Å². The fraction of sp³-hybridized carbons (Fsp3) is 0.643. The number of aryl methyl sites for hydroxylation is 2. The maximum atomic E-state index is 11.9. The Bertz CT molecular complexity index is 513. The first kappa shape index (κ1) is 15.3. The molecule has 0 spiro atoms. The van der Waals surface area contributed by atoms with Gasteiger partial charge in [-0.1, -0.05) is 19.3 Å². The maximum Gasteiger partial charge on any atom is 0.329 e. The SMILES string of the molecule is Cc1nc(CNC(=O)NC2(C(=O)O)CCCCC2)oc1C. The second kappa shape index (κ2) is 6.15. The lowest BCUT2D eigenvalue weighted by Gasteiger charge is -2.33. The number of carboxylic acid groups (broad SMARTS) is 1. The Morgan fingerprint density at radius 2 is 1.95 bits per heavy atom. The standard InChI is InChI=1S/C14H21N3O4/c1-9-10(2)21-11(16-9)8-15-13(20)17-14(12(18)19)6-4-3-5-7-14/h3-8H2,1-2H3,(H,18,19)(H2,15,17,20). The van der Waals surface area contributed by atoms with Crippen molar-refractivity contribution in [2.45, 2.75) is 58.0 Å². The zero-order chi connectivity index (χ0) is 15.5. The average molecular weight is 295 g/mol. The fourth-order valence-electron chi connectivity index (χ4n) is 2.58. The second-order valence-corrected chi connectivity index (χ2v) is 5.50. The predicted octanol–water partition coefficient (Wildman–Crippen LogP) is 1.88. The molecule has 7 heteroatoms. The molecular weight excluding hydrogens is 274 g/mol. The molecule has 21 heavy (non-hydrogen) atoms. The number of carbonyl (C=O) groups is 2. The summed E-state index contributed by atoms with van der Waals surface area (Å²) in [6, 6.07) is -0.507. The predicted molar refractivity (Wildman–Crippen MR) is 74.8 cm³/mol. The quantitative estimate of drug-likeness (QED) is 0.786. The zero-order valence-electron chi connectivity index (χ0n) is 12.4. The third-order valence-electron chi connectivity index (χ3n) is 3.94. The van der Waals surface area contributed by atoms with Crippen LogP contribution in [0, 0.1) is 13.8 Å². The molecular formula is C14H21N3O4. The minimum Gasteiger partial charge on any atom is -0.480 e. The number of rotatable bonds is 4. The van der Waals surface area contributed by atoms with Crippen LogP contribution in [0.1, 0.15) is 49.4 Å². The molecule has 1 aliphatic carbocycles. The van der Waals surface area contributed by atoms with Gasteiger partial charge in [0.2, 0.25) is 5.89 Å². The number of oxazole rings is 1. The number of hydrogen-bond donors (Lipinski definition) is 3. The number of carbonyl (C=O) groups excluding carboxylic acids is 1. The molecule has 1 heterocycles. The lowest BCUT2D eigenvalue weighted by Crippen LogP contribution is -2.57. The third-order valence-corrected chi connectivity index (χ3v) is 3.94. The van der Waals surface area contributed by atoms with Crippen molar-refractivity contribution in [1.29, 1.82) is 0 Å². The highest BCUT2D eigenvalue weighted by atomic mass is 16.4. The summed E-state index contributed by atoms with van der Waals surface area (Å²) in [6.45, 7) is 3.76. The average Bonchev–Trinajstić information content (AvgIpc) is 2.76. The topological polar surface area (TPSA) is 104 Å². The number of urea groups is 1. The first-order valence-corrected chi connectivity index (χ1v) is 7.15. The van der Waals surface area contributed by atoms with Crippen molar-refractivity contribution in [3.63, 3.8) is 0 Å². The number of nitrogens with one attached hydrogen (secondary N) is 2. The number of aromatic nitrogens is 1. The van der Waals surface area contributed by atoms with Gasteiger partial charge >= 0.3 is 12.0 Å². The van der Waals surface area contributed by atoms with E-state index in [1.165, 1.54) is 0 Å². The summed E-state index contributed by atoms with van der Waals surface area (Å²) in [6.07, 6.45) is 3.56. The molecule has 0 bridgehead atoms. The molecule has 0 atom stereocenters. The lowest BCUT2D eigenvalue weighted by molar-refractivity contribution is -0.145. The first-order valence-electron chi connectivity index (χ1n) is 7.15. The summed E-state index contributed by atoms with van der Waals surface area (Å²) in [5.74, 6) is 0.148. The van der Waals surface area contributed by atoms with Gasteiger partial charge in [-0.3, -0.25) is 0 Å². The van der Waals surface area contributed by atoms with Gasteiger partial charge in [-0.2, -0.15) is 0 Å². The van der Waals surface area contributed by atoms with Crippen molar-refractivity contribution >= 4 is 12.0 Å². The Morgan fingerprint density at radius 3 is 2.48 bits per heavy atom. The molecule has 2 rings (SSSR count). The molecule has 1 fully saturated rings. The van der Waals surface area contributed by atoms with Crippen molar-refractivity contribution in [2.24, 2.45) is 0 Å². The van der Waals surface area contributed by atoms with Gasteiger partial charge in [-0.05, 0) is 26.7 Å². The Labute approximate surface area is 123 Å². The van der Waals surface area contributed by atoms with E-state index in [1.54, 1.807) is 6.92 Å². The summed E-state index contributed by atoms with van der Waals surface area (Å²) in [7, 11) is 0. The van der Waals surface area contributed by atoms with Crippen LogP contribution in [-0.4, -0.2) is 27.6 Å². The molecule has 1 aromatic rings. The molecule has 7 nitrogen and oxygen atoms in total. The highest BCUT2D eigenvalue weighted by molar-refractivity contribution is 5.86. The number of aliphatic carboxylic acids is 1. The van der Waals surface area contributed by atoms with E-state index >= 15 is 0 Å². The zero-order valence-corrected chi connectivity index (χ0v) is 12.4. The molecule has 0 aromatic carbocycles. The molecule has 1 aliphatic rings. The lowest BCUT2D eigenvalue weighted by atomic mass is 9.82. The highest BCUT2D eigenvalue weighted by Crippen LogP contribution is 2.28. The van der Waals surface area contributed by atoms with Gasteiger partial charge in [0.25, 0.3) is 0 Å². The molecule has 0 saturated heterocycles. The molecule has 116 valence electrons. The summed E-state index contributed by atoms with van der Waals surface area (Å²) in [5, 5.41) is 14.6. The number of hydrogen-bond acceptors (Lipinski definition) is 4. The van der Waals surface area contributed by atoms with Crippen LogP contribution in [0.5, 0.6) is 0 Å². The molecule has 0 unspecified atom stereocenters. The summed E-state index contributed by atoms with van der Waals surface area (Å²) >= 11 is 0. The number of amides is 2. The normalized spacial score (nSPS) is 17.2. The Morgan fingerprint density at radius 1 is 1.29 bits per heavy atom. The van der Waals surface area contributed by atoms with Gasteiger partial charge in [-0.25, -0.2) is 14.6 Å². The van der Waals surface area contributed by atoms with E-state index in [-0.39, 0.29) is 6.54 Å². The van der Waals surface area contributed by atoms with Gasteiger partial charge in [-0.15, -0.1) is 0 Å². The van der Waals surface area contributed by atoms with Crippen molar-refractivity contribution in [3.8, 4) is 0 Å². The van der Waals surface area contributed by atoms with Gasteiger partial charge in [0.1, 0.15) is 11.3 Å². The van der Waals surface area contributed by atoms with Gasteiger partial charge in [0, 0.05) is 0 Å². The first-order chi connectivity index (χ1) is 9.93. The van der Waals surface area contributed by atoms with E-state index in [4.69, 9.17) is 4.42 Å². The molecule has 1 aromatic heterocycles. The van der Waals surface area contributed by atoms with E-state index in [0.717, 1.165) is 25.0 Å². The van der Waals surface area contributed by atoms with Crippen LogP contribution in [0.25, 0.3) is 0 Å². The Hall–Kier alpha value is -2.05.